The number of hydrogen-bond donors (Lipinski definition) is 0. The zero-order chi connectivity index (χ0) is 12.7. The fourth-order valence-corrected chi connectivity index (χ4v) is 3.60. The van der Waals surface area contributed by atoms with Gasteiger partial charge in [-0.15, -0.1) is 0 Å². The molecule has 0 N–H and O–H groups in total. The molecule has 4 heteroatoms. The van der Waals surface area contributed by atoms with E-state index in [1.807, 2.05) is 0 Å². The lowest BCUT2D eigenvalue weighted by Crippen LogP contribution is -2.41. The van der Waals surface area contributed by atoms with Crippen LogP contribution in [0.3, 0.4) is 0 Å². The maximum atomic E-state index is 11.1. The van der Waals surface area contributed by atoms with Crippen LogP contribution in [0.25, 0.3) is 0 Å². The van der Waals surface area contributed by atoms with Crippen LogP contribution in [0.2, 0.25) is 0 Å². The molecule has 0 amide bonds. The molecule has 17 heavy (non-hydrogen) atoms. The monoisotopic (exact) mass is 239 g/mol. The van der Waals surface area contributed by atoms with Gasteiger partial charge in [-0.2, -0.15) is 0 Å². The number of rotatable bonds is 3. The van der Waals surface area contributed by atoms with Gasteiger partial charge in [0, 0.05) is 6.92 Å². The second-order valence-corrected chi connectivity index (χ2v) is 5.74. The van der Waals surface area contributed by atoms with Gasteiger partial charge in [0.25, 0.3) is 0 Å². The van der Waals surface area contributed by atoms with Gasteiger partial charge < -0.3 is 9.57 Å². The minimum atomic E-state index is -0.220. The molecule has 2 fully saturated rings. The van der Waals surface area contributed by atoms with Crippen molar-refractivity contribution in [3.8, 4) is 0 Å². The zero-order valence-electron chi connectivity index (χ0n) is 11.1. The predicted octanol–water partition coefficient (Wildman–Crippen LogP) is 2.38. The van der Waals surface area contributed by atoms with E-state index in [1.54, 1.807) is 7.11 Å². The van der Waals surface area contributed by atoms with Gasteiger partial charge in [-0.05, 0) is 30.6 Å². The third-order valence-electron chi connectivity index (χ3n) is 4.89. The third kappa shape index (κ3) is 1.65. The van der Waals surface area contributed by atoms with E-state index in [4.69, 9.17) is 9.57 Å². The van der Waals surface area contributed by atoms with Crippen molar-refractivity contribution in [1.29, 1.82) is 0 Å². The summed E-state index contributed by atoms with van der Waals surface area (Å²) in [7, 11) is 1.57. The van der Waals surface area contributed by atoms with Crippen molar-refractivity contribution in [2.45, 2.75) is 40.0 Å². The molecule has 2 unspecified atom stereocenters. The number of ether oxygens (including phenoxy) is 1. The van der Waals surface area contributed by atoms with Crippen LogP contribution in [-0.2, 0) is 14.4 Å². The Balaban J connectivity index is 2.30. The van der Waals surface area contributed by atoms with E-state index >= 15 is 0 Å². The van der Waals surface area contributed by atoms with Gasteiger partial charge in [-0.25, -0.2) is 0 Å². The number of carbonyl (C=O) groups excluding carboxylic acids is 1. The molecule has 2 aliphatic carbocycles. The first kappa shape index (κ1) is 12.4. The maximum Gasteiger partial charge on any atom is 0.302 e. The fourth-order valence-electron chi connectivity index (χ4n) is 3.60. The van der Waals surface area contributed by atoms with Crippen LogP contribution in [0.1, 0.15) is 40.0 Å². The largest absolute Gasteiger partial charge is 0.465 e. The first-order valence-corrected chi connectivity index (χ1v) is 6.18. The smallest absolute Gasteiger partial charge is 0.302 e. The molecule has 0 aromatic carbocycles. The number of hydrogen-bond acceptors (Lipinski definition) is 4. The summed E-state index contributed by atoms with van der Waals surface area (Å²) < 4.78 is 5.28. The van der Waals surface area contributed by atoms with Crippen molar-refractivity contribution in [3.63, 3.8) is 0 Å². The van der Waals surface area contributed by atoms with Gasteiger partial charge in [0.2, 0.25) is 0 Å². The van der Waals surface area contributed by atoms with E-state index in [0.29, 0.717) is 12.5 Å². The molecule has 0 aromatic heterocycles. The summed E-state index contributed by atoms with van der Waals surface area (Å²) in [5.41, 5.74) is 1.10. The number of esters is 1. The highest BCUT2D eigenvalue weighted by molar-refractivity contribution is 5.94. The van der Waals surface area contributed by atoms with Crippen molar-refractivity contribution in [2.75, 3.05) is 13.7 Å². The van der Waals surface area contributed by atoms with Gasteiger partial charge in [0.05, 0.1) is 11.1 Å². The van der Waals surface area contributed by atoms with E-state index in [-0.39, 0.29) is 16.8 Å². The molecule has 2 aliphatic rings. The molecule has 4 nitrogen and oxygen atoms in total. The Morgan fingerprint density at radius 1 is 1.53 bits per heavy atom. The fraction of sp³-hybridized carbons (Fsp3) is 0.846. The van der Waals surface area contributed by atoms with E-state index in [1.165, 1.54) is 13.3 Å². The lowest BCUT2D eigenvalue weighted by molar-refractivity contribution is -0.144. The molecule has 2 saturated carbocycles. The molecule has 0 radical (unpaired) electrons. The molecule has 2 rings (SSSR count). The van der Waals surface area contributed by atoms with Crippen molar-refractivity contribution in [1.82, 2.24) is 0 Å². The second kappa shape index (κ2) is 4.00. The molecule has 2 bridgehead atoms. The standard InChI is InChI=1S/C13H21NO3/c1-9(15)17-8-13-6-5-10(12(13,2)3)7-11(13)14-16-4/h10H,5-8H2,1-4H3/b14-11-. The highest BCUT2D eigenvalue weighted by Crippen LogP contribution is 2.64. The SMILES string of the molecule is CO/N=C1/CC2CCC1(COC(C)=O)C2(C)C. The van der Waals surface area contributed by atoms with E-state index in [2.05, 4.69) is 19.0 Å². The van der Waals surface area contributed by atoms with Crippen molar-refractivity contribution in [3.05, 3.63) is 0 Å². The average molecular weight is 239 g/mol. The van der Waals surface area contributed by atoms with Gasteiger partial charge in [-0.1, -0.05) is 19.0 Å². The lowest BCUT2D eigenvalue weighted by Gasteiger charge is -2.37. The first-order valence-electron chi connectivity index (χ1n) is 6.18. The molecule has 96 valence electrons. The van der Waals surface area contributed by atoms with E-state index in [9.17, 15) is 4.79 Å². The normalized spacial score (nSPS) is 36.2. The number of carbonyl (C=O) groups is 1. The minimum Gasteiger partial charge on any atom is -0.465 e. The van der Waals surface area contributed by atoms with E-state index < -0.39 is 0 Å². The molecular weight excluding hydrogens is 218 g/mol. The highest BCUT2D eigenvalue weighted by Gasteiger charge is 2.63. The Morgan fingerprint density at radius 2 is 2.24 bits per heavy atom. The topological polar surface area (TPSA) is 47.9 Å². The molecular formula is C13H21NO3. The van der Waals surface area contributed by atoms with Crippen LogP contribution in [0, 0.1) is 16.7 Å². The maximum absolute atomic E-state index is 11.1. The second-order valence-electron chi connectivity index (χ2n) is 5.74. The van der Waals surface area contributed by atoms with Gasteiger partial charge in [-0.3, -0.25) is 4.79 Å². The summed E-state index contributed by atoms with van der Waals surface area (Å²) in [5.74, 6) is 0.411. The van der Waals surface area contributed by atoms with Crippen molar-refractivity contribution < 1.29 is 14.4 Å². The van der Waals surface area contributed by atoms with Gasteiger partial charge in [0.15, 0.2) is 0 Å². The summed E-state index contributed by atoms with van der Waals surface area (Å²) in [4.78, 5) is 16.0. The van der Waals surface area contributed by atoms with Gasteiger partial charge >= 0.3 is 5.97 Å². The quantitative estimate of drug-likeness (QED) is 0.561. The first-order chi connectivity index (χ1) is 7.94. The number of oxime groups is 1. The Morgan fingerprint density at radius 3 is 2.76 bits per heavy atom. The van der Waals surface area contributed by atoms with Crippen LogP contribution < -0.4 is 0 Å². The molecule has 0 spiro atoms. The van der Waals surface area contributed by atoms with Crippen molar-refractivity contribution >= 4 is 11.7 Å². The van der Waals surface area contributed by atoms with Gasteiger partial charge in [0.1, 0.15) is 13.7 Å². The van der Waals surface area contributed by atoms with Crippen LogP contribution >= 0.6 is 0 Å². The lowest BCUT2D eigenvalue weighted by atomic mass is 9.69. The summed E-state index contributed by atoms with van der Waals surface area (Å²) in [5, 5.41) is 4.18. The summed E-state index contributed by atoms with van der Waals surface area (Å²) in [6.45, 7) is 6.41. The Kier molecular flexibility index (Phi) is 2.92. The third-order valence-corrected chi connectivity index (χ3v) is 4.89. The molecule has 2 atom stereocenters. The molecule has 0 saturated heterocycles. The predicted molar refractivity (Wildman–Crippen MR) is 64.6 cm³/mol. The van der Waals surface area contributed by atoms with E-state index in [0.717, 1.165) is 18.6 Å². The minimum absolute atomic E-state index is 0.112. The molecule has 0 aromatic rings. The average Bonchev–Trinajstić information content (AvgIpc) is 2.61. The van der Waals surface area contributed by atoms with Crippen molar-refractivity contribution in [2.24, 2.45) is 21.9 Å². The van der Waals surface area contributed by atoms with Crippen LogP contribution in [-0.4, -0.2) is 25.4 Å². The summed E-state index contributed by atoms with van der Waals surface area (Å²) in [6, 6.07) is 0. The Hall–Kier alpha value is -1.06. The van der Waals surface area contributed by atoms with Crippen LogP contribution in [0.5, 0.6) is 0 Å². The number of nitrogens with zero attached hydrogens (tertiary/aromatic N) is 1. The zero-order valence-corrected chi connectivity index (χ0v) is 11.1. The molecule has 0 aliphatic heterocycles. The van der Waals surface area contributed by atoms with Crippen LogP contribution in [0.15, 0.2) is 5.16 Å². The number of fused-ring (bicyclic) bond motifs is 2. The van der Waals surface area contributed by atoms with Crippen LogP contribution in [0.4, 0.5) is 0 Å². The summed E-state index contributed by atoms with van der Waals surface area (Å²) >= 11 is 0. The Labute approximate surface area is 102 Å². The molecule has 0 heterocycles. The Bertz CT molecular complexity index is 362. The highest BCUT2D eigenvalue weighted by atomic mass is 16.6. The summed E-state index contributed by atoms with van der Waals surface area (Å²) in [6.07, 6.45) is 3.21.